The van der Waals surface area contributed by atoms with E-state index in [1.807, 2.05) is 0 Å². The lowest BCUT2D eigenvalue weighted by molar-refractivity contribution is 0.390. The molecule has 1 unspecified atom stereocenters. The fourth-order valence-electron chi connectivity index (χ4n) is 2.28. The van der Waals surface area contributed by atoms with Crippen LogP contribution in [0.15, 0.2) is 12.1 Å². The van der Waals surface area contributed by atoms with Gasteiger partial charge in [0.15, 0.2) is 0 Å². The Bertz CT molecular complexity index is 372. The molecule has 0 bridgehead atoms. The summed E-state index contributed by atoms with van der Waals surface area (Å²) in [6.07, 6.45) is 2.25. The summed E-state index contributed by atoms with van der Waals surface area (Å²) in [5, 5.41) is 3.34. The van der Waals surface area contributed by atoms with Gasteiger partial charge in [-0.2, -0.15) is 0 Å². The number of benzene rings is 1. The zero-order chi connectivity index (χ0) is 11.5. The normalized spacial score (nSPS) is 20.8. The predicted octanol–water partition coefficient (Wildman–Crippen LogP) is 2.61. The van der Waals surface area contributed by atoms with Gasteiger partial charge in [0.05, 0.1) is 7.11 Å². The van der Waals surface area contributed by atoms with Crippen molar-refractivity contribution < 1.29 is 9.13 Å². The zero-order valence-electron chi connectivity index (χ0n) is 9.85. The van der Waals surface area contributed by atoms with E-state index >= 15 is 0 Å². The van der Waals surface area contributed by atoms with Crippen molar-refractivity contribution in [2.24, 2.45) is 0 Å². The van der Waals surface area contributed by atoms with Gasteiger partial charge in [0.25, 0.3) is 0 Å². The van der Waals surface area contributed by atoms with Gasteiger partial charge in [-0.15, -0.1) is 0 Å². The van der Waals surface area contributed by atoms with E-state index < -0.39 is 0 Å². The summed E-state index contributed by atoms with van der Waals surface area (Å²) < 4.78 is 18.9. The number of methoxy groups -OCH3 is 1. The maximum atomic E-state index is 13.6. The lowest BCUT2D eigenvalue weighted by Gasteiger charge is -2.25. The third kappa shape index (κ3) is 2.19. The summed E-state index contributed by atoms with van der Waals surface area (Å²) in [6.45, 7) is 3.74. The third-order valence-electron chi connectivity index (χ3n) is 3.25. The standard InChI is InChI=1S/C13H18FNO/c1-9-6-13(16-2)11(7-12(9)14)10-4-3-5-15-8-10/h6-7,10,15H,3-5,8H2,1-2H3. The molecule has 16 heavy (non-hydrogen) atoms. The Balaban J connectivity index is 2.33. The van der Waals surface area contributed by atoms with Crippen LogP contribution < -0.4 is 10.1 Å². The first kappa shape index (κ1) is 11.4. The van der Waals surface area contributed by atoms with Crippen LogP contribution >= 0.6 is 0 Å². The van der Waals surface area contributed by atoms with E-state index in [1.54, 1.807) is 26.2 Å². The van der Waals surface area contributed by atoms with Crippen LogP contribution in [0.1, 0.15) is 29.9 Å². The number of aryl methyl sites for hydroxylation is 1. The van der Waals surface area contributed by atoms with Gasteiger partial charge in [-0.1, -0.05) is 0 Å². The lowest BCUT2D eigenvalue weighted by Crippen LogP contribution is -2.28. The molecular weight excluding hydrogens is 205 g/mol. The predicted molar refractivity (Wildman–Crippen MR) is 62.5 cm³/mol. The van der Waals surface area contributed by atoms with Crippen LogP contribution in [0.2, 0.25) is 0 Å². The second-order valence-electron chi connectivity index (χ2n) is 4.39. The minimum atomic E-state index is -0.138. The molecule has 0 saturated carbocycles. The Morgan fingerprint density at radius 2 is 2.25 bits per heavy atom. The first-order valence-electron chi connectivity index (χ1n) is 5.77. The SMILES string of the molecule is COc1cc(C)c(F)cc1C1CCCNC1. The number of rotatable bonds is 2. The fraction of sp³-hybridized carbons (Fsp3) is 0.538. The zero-order valence-corrected chi connectivity index (χ0v) is 9.85. The van der Waals surface area contributed by atoms with Crippen LogP contribution in [-0.4, -0.2) is 20.2 Å². The van der Waals surface area contributed by atoms with Crippen LogP contribution in [0.3, 0.4) is 0 Å². The van der Waals surface area contributed by atoms with Gasteiger partial charge < -0.3 is 10.1 Å². The molecule has 2 rings (SSSR count). The van der Waals surface area contributed by atoms with E-state index in [0.29, 0.717) is 11.5 Å². The topological polar surface area (TPSA) is 21.3 Å². The molecule has 1 N–H and O–H groups in total. The second-order valence-corrected chi connectivity index (χ2v) is 4.39. The van der Waals surface area contributed by atoms with Crippen LogP contribution in [0.5, 0.6) is 5.75 Å². The Kier molecular flexibility index (Phi) is 3.44. The highest BCUT2D eigenvalue weighted by Gasteiger charge is 2.20. The van der Waals surface area contributed by atoms with Crippen LogP contribution in [0, 0.1) is 12.7 Å². The average molecular weight is 223 g/mol. The Morgan fingerprint density at radius 1 is 1.44 bits per heavy atom. The number of ether oxygens (including phenoxy) is 1. The quantitative estimate of drug-likeness (QED) is 0.832. The minimum Gasteiger partial charge on any atom is -0.496 e. The third-order valence-corrected chi connectivity index (χ3v) is 3.25. The summed E-state index contributed by atoms with van der Waals surface area (Å²) in [5.74, 6) is 1.05. The van der Waals surface area contributed by atoms with Crippen LogP contribution in [0.4, 0.5) is 4.39 Å². The lowest BCUT2D eigenvalue weighted by atomic mass is 9.90. The molecule has 1 aromatic rings. The van der Waals surface area contributed by atoms with E-state index in [-0.39, 0.29) is 5.82 Å². The number of halogens is 1. The number of piperidine rings is 1. The molecule has 1 saturated heterocycles. The molecule has 1 aliphatic heterocycles. The molecule has 88 valence electrons. The average Bonchev–Trinajstić information content (AvgIpc) is 2.33. The van der Waals surface area contributed by atoms with Crippen molar-refractivity contribution in [3.8, 4) is 5.75 Å². The van der Waals surface area contributed by atoms with Crippen molar-refractivity contribution >= 4 is 0 Å². The number of hydrogen-bond acceptors (Lipinski definition) is 2. The summed E-state index contributed by atoms with van der Waals surface area (Å²) in [7, 11) is 1.65. The van der Waals surface area contributed by atoms with Gasteiger partial charge in [0.1, 0.15) is 11.6 Å². The maximum absolute atomic E-state index is 13.6. The monoisotopic (exact) mass is 223 g/mol. The van der Waals surface area contributed by atoms with E-state index in [9.17, 15) is 4.39 Å². The Labute approximate surface area is 95.8 Å². The van der Waals surface area contributed by atoms with Crippen molar-refractivity contribution in [2.75, 3.05) is 20.2 Å². The molecule has 1 heterocycles. The highest BCUT2D eigenvalue weighted by Crippen LogP contribution is 2.32. The van der Waals surface area contributed by atoms with Gasteiger partial charge in [-0.25, -0.2) is 4.39 Å². The molecule has 1 atom stereocenters. The molecule has 0 aromatic heterocycles. The molecule has 2 nitrogen and oxygen atoms in total. The fourth-order valence-corrected chi connectivity index (χ4v) is 2.28. The number of hydrogen-bond donors (Lipinski definition) is 1. The first-order valence-corrected chi connectivity index (χ1v) is 5.77. The largest absolute Gasteiger partial charge is 0.496 e. The van der Waals surface area contributed by atoms with Crippen molar-refractivity contribution in [3.63, 3.8) is 0 Å². The summed E-state index contributed by atoms with van der Waals surface area (Å²) >= 11 is 0. The first-order chi connectivity index (χ1) is 7.72. The van der Waals surface area contributed by atoms with E-state index in [4.69, 9.17) is 4.74 Å². The van der Waals surface area contributed by atoms with Crippen LogP contribution in [0.25, 0.3) is 0 Å². The smallest absolute Gasteiger partial charge is 0.126 e. The second kappa shape index (κ2) is 4.83. The molecule has 1 aromatic carbocycles. The molecule has 1 fully saturated rings. The summed E-state index contributed by atoms with van der Waals surface area (Å²) in [6, 6.07) is 3.42. The van der Waals surface area contributed by atoms with Crippen molar-refractivity contribution in [1.82, 2.24) is 5.32 Å². The summed E-state index contributed by atoms with van der Waals surface area (Å²) in [4.78, 5) is 0. The van der Waals surface area contributed by atoms with Gasteiger partial charge in [-0.05, 0) is 44.0 Å². The minimum absolute atomic E-state index is 0.138. The van der Waals surface area contributed by atoms with E-state index in [1.165, 1.54) is 0 Å². The van der Waals surface area contributed by atoms with Gasteiger partial charge in [0.2, 0.25) is 0 Å². The molecule has 1 aliphatic rings. The Morgan fingerprint density at radius 3 is 2.88 bits per heavy atom. The van der Waals surface area contributed by atoms with Crippen molar-refractivity contribution in [1.29, 1.82) is 0 Å². The highest BCUT2D eigenvalue weighted by molar-refractivity contribution is 5.40. The molecular formula is C13H18FNO. The van der Waals surface area contributed by atoms with Gasteiger partial charge >= 0.3 is 0 Å². The van der Waals surface area contributed by atoms with Crippen LogP contribution in [-0.2, 0) is 0 Å². The molecule has 0 aliphatic carbocycles. The van der Waals surface area contributed by atoms with Gasteiger partial charge in [-0.3, -0.25) is 0 Å². The number of nitrogens with one attached hydrogen (secondary N) is 1. The molecule has 0 amide bonds. The molecule has 3 heteroatoms. The summed E-state index contributed by atoms with van der Waals surface area (Å²) in [5.41, 5.74) is 1.64. The van der Waals surface area contributed by atoms with E-state index in [2.05, 4.69) is 5.32 Å². The Hall–Kier alpha value is -1.09. The van der Waals surface area contributed by atoms with Crippen molar-refractivity contribution in [2.45, 2.75) is 25.7 Å². The van der Waals surface area contributed by atoms with E-state index in [0.717, 1.165) is 37.2 Å². The maximum Gasteiger partial charge on any atom is 0.126 e. The van der Waals surface area contributed by atoms with Gasteiger partial charge in [0, 0.05) is 18.0 Å². The molecule has 0 spiro atoms. The highest BCUT2D eigenvalue weighted by atomic mass is 19.1. The van der Waals surface area contributed by atoms with Crippen molar-refractivity contribution in [3.05, 3.63) is 29.1 Å². The molecule has 0 radical (unpaired) electrons.